The van der Waals surface area contributed by atoms with Gasteiger partial charge in [0.15, 0.2) is 0 Å². The van der Waals surface area contributed by atoms with Crippen LogP contribution in [0.2, 0.25) is 0 Å². The lowest BCUT2D eigenvalue weighted by atomic mass is 9.97. The van der Waals surface area contributed by atoms with Crippen molar-refractivity contribution < 1.29 is 9.47 Å². The summed E-state index contributed by atoms with van der Waals surface area (Å²) in [6, 6.07) is 8.86. The SMILES string of the molecule is CNC(CCC1CCCCO1)c1ccc(OC(C)C)cc1. The van der Waals surface area contributed by atoms with Gasteiger partial charge in [0.05, 0.1) is 12.2 Å². The second-order valence-corrected chi connectivity index (χ2v) is 6.14. The first-order valence-corrected chi connectivity index (χ1v) is 8.24. The molecule has 0 spiro atoms. The molecular formula is C18H29NO2. The largest absolute Gasteiger partial charge is 0.491 e. The lowest BCUT2D eigenvalue weighted by molar-refractivity contribution is 0.00866. The first kappa shape index (κ1) is 16.3. The van der Waals surface area contributed by atoms with Crippen LogP contribution in [0.5, 0.6) is 5.75 Å². The Morgan fingerprint density at radius 3 is 2.57 bits per heavy atom. The molecule has 1 aliphatic rings. The van der Waals surface area contributed by atoms with Crippen LogP contribution in [0.1, 0.15) is 57.6 Å². The van der Waals surface area contributed by atoms with E-state index in [4.69, 9.17) is 9.47 Å². The van der Waals surface area contributed by atoms with Crippen molar-refractivity contribution in [3.8, 4) is 5.75 Å². The lowest BCUT2D eigenvalue weighted by Crippen LogP contribution is -2.23. The Kier molecular flexibility index (Phi) is 6.52. The van der Waals surface area contributed by atoms with Crippen molar-refractivity contribution in [2.24, 2.45) is 0 Å². The highest BCUT2D eigenvalue weighted by Crippen LogP contribution is 2.25. The van der Waals surface area contributed by atoms with Crippen LogP contribution in [0.15, 0.2) is 24.3 Å². The normalized spacial score (nSPS) is 20.5. The van der Waals surface area contributed by atoms with Gasteiger partial charge in [-0.3, -0.25) is 0 Å². The highest BCUT2D eigenvalue weighted by molar-refractivity contribution is 5.29. The first-order valence-electron chi connectivity index (χ1n) is 8.24. The molecule has 0 aliphatic carbocycles. The molecule has 118 valence electrons. The molecule has 0 bridgehead atoms. The number of benzene rings is 1. The molecule has 1 fully saturated rings. The molecule has 1 aromatic rings. The van der Waals surface area contributed by atoms with Crippen molar-refractivity contribution in [2.75, 3.05) is 13.7 Å². The minimum absolute atomic E-state index is 0.222. The molecule has 0 radical (unpaired) electrons. The van der Waals surface area contributed by atoms with E-state index >= 15 is 0 Å². The topological polar surface area (TPSA) is 30.5 Å². The first-order chi connectivity index (χ1) is 10.2. The summed E-state index contributed by atoms with van der Waals surface area (Å²) in [6.45, 7) is 5.04. The average Bonchev–Trinajstić information content (AvgIpc) is 2.50. The van der Waals surface area contributed by atoms with E-state index in [-0.39, 0.29) is 6.10 Å². The van der Waals surface area contributed by atoms with Gasteiger partial charge in [-0.1, -0.05) is 12.1 Å². The zero-order valence-corrected chi connectivity index (χ0v) is 13.6. The second-order valence-electron chi connectivity index (χ2n) is 6.14. The summed E-state index contributed by atoms with van der Waals surface area (Å²) in [7, 11) is 2.03. The molecule has 3 heteroatoms. The molecule has 2 rings (SSSR count). The Morgan fingerprint density at radius 1 is 1.24 bits per heavy atom. The van der Waals surface area contributed by atoms with E-state index in [1.165, 1.54) is 24.8 Å². The summed E-state index contributed by atoms with van der Waals surface area (Å²) in [5, 5.41) is 3.42. The molecule has 1 N–H and O–H groups in total. The molecule has 1 aliphatic heterocycles. The lowest BCUT2D eigenvalue weighted by Gasteiger charge is -2.25. The third-order valence-corrected chi connectivity index (χ3v) is 4.05. The molecule has 1 saturated heterocycles. The van der Waals surface area contributed by atoms with Crippen LogP contribution in [0, 0.1) is 0 Å². The average molecular weight is 291 g/mol. The van der Waals surface area contributed by atoms with Gasteiger partial charge in [0, 0.05) is 12.6 Å². The molecule has 2 atom stereocenters. The van der Waals surface area contributed by atoms with E-state index in [0.29, 0.717) is 12.1 Å². The Bertz CT molecular complexity index is 396. The van der Waals surface area contributed by atoms with E-state index < -0.39 is 0 Å². The van der Waals surface area contributed by atoms with Crippen molar-refractivity contribution >= 4 is 0 Å². The number of nitrogens with one attached hydrogen (secondary N) is 1. The smallest absolute Gasteiger partial charge is 0.119 e. The summed E-state index contributed by atoms with van der Waals surface area (Å²) in [5.74, 6) is 0.944. The quantitative estimate of drug-likeness (QED) is 0.821. The molecule has 0 saturated carbocycles. The van der Waals surface area contributed by atoms with E-state index in [9.17, 15) is 0 Å². The van der Waals surface area contributed by atoms with Gasteiger partial charge in [-0.05, 0) is 70.7 Å². The van der Waals surface area contributed by atoms with Crippen molar-refractivity contribution in [2.45, 2.75) is 64.2 Å². The van der Waals surface area contributed by atoms with Crippen LogP contribution in [0.25, 0.3) is 0 Å². The molecule has 3 nitrogen and oxygen atoms in total. The number of hydrogen-bond acceptors (Lipinski definition) is 3. The standard InChI is InChI=1S/C18H29NO2/c1-14(2)21-17-9-7-15(8-10-17)18(19-3)12-11-16-6-4-5-13-20-16/h7-10,14,16,18-19H,4-6,11-13H2,1-3H3. The molecule has 1 heterocycles. The number of hydrogen-bond donors (Lipinski definition) is 1. The van der Waals surface area contributed by atoms with Gasteiger partial charge in [-0.2, -0.15) is 0 Å². The predicted octanol–water partition coefficient (Wildman–Crippen LogP) is 4.08. The fourth-order valence-corrected chi connectivity index (χ4v) is 2.92. The summed E-state index contributed by atoms with van der Waals surface area (Å²) in [5.41, 5.74) is 1.32. The Labute approximate surface area is 129 Å². The van der Waals surface area contributed by atoms with E-state index in [1.807, 2.05) is 7.05 Å². The van der Waals surface area contributed by atoms with E-state index in [1.54, 1.807) is 0 Å². The fraction of sp³-hybridized carbons (Fsp3) is 0.667. The molecule has 0 amide bonds. The van der Waals surface area contributed by atoms with Gasteiger partial charge >= 0.3 is 0 Å². The summed E-state index contributed by atoms with van der Waals surface area (Å²) < 4.78 is 11.5. The molecule has 0 aromatic heterocycles. The van der Waals surface area contributed by atoms with Gasteiger partial charge in [-0.25, -0.2) is 0 Å². The highest BCUT2D eigenvalue weighted by Gasteiger charge is 2.17. The van der Waals surface area contributed by atoms with E-state index in [0.717, 1.165) is 25.2 Å². The third-order valence-electron chi connectivity index (χ3n) is 4.05. The van der Waals surface area contributed by atoms with Crippen LogP contribution < -0.4 is 10.1 Å². The van der Waals surface area contributed by atoms with E-state index in [2.05, 4.69) is 43.4 Å². The number of ether oxygens (including phenoxy) is 2. The maximum absolute atomic E-state index is 5.82. The second kappa shape index (κ2) is 8.40. The Balaban J connectivity index is 1.87. The maximum Gasteiger partial charge on any atom is 0.119 e. The van der Waals surface area contributed by atoms with Crippen LogP contribution in [0.3, 0.4) is 0 Å². The molecule has 2 unspecified atom stereocenters. The summed E-state index contributed by atoms with van der Waals surface area (Å²) >= 11 is 0. The third kappa shape index (κ3) is 5.33. The number of rotatable bonds is 7. The van der Waals surface area contributed by atoms with Crippen LogP contribution in [-0.2, 0) is 4.74 Å². The van der Waals surface area contributed by atoms with Gasteiger partial charge < -0.3 is 14.8 Å². The highest BCUT2D eigenvalue weighted by atomic mass is 16.5. The molecular weight excluding hydrogens is 262 g/mol. The predicted molar refractivity (Wildman–Crippen MR) is 86.8 cm³/mol. The van der Waals surface area contributed by atoms with Crippen LogP contribution in [0.4, 0.5) is 0 Å². The minimum Gasteiger partial charge on any atom is -0.491 e. The summed E-state index contributed by atoms with van der Waals surface area (Å²) in [6.07, 6.45) is 6.69. The van der Waals surface area contributed by atoms with Gasteiger partial charge in [0.2, 0.25) is 0 Å². The van der Waals surface area contributed by atoms with Crippen molar-refractivity contribution in [1.29, 1.82) is 0 Å². The fourth-order valence-electron chi connectivity index (χ4n) is 2.92. The van der Waals surface area contributed by atoms with Crippen molar-refractivity contribution in [1.82, 2.24) is 5.32 Å². The van der Waals surface area contributed by atoms with Crippen LogP contribution >= 0.6 is 0 Å². The van der Waals surface area contributed by atoms with Crippen molar-refractivity contribution in [3.05, 3.63) is 29.8 Å². The zero-order valence-electron chi connectivity index (χ0n) is 13.6. The zero-order chi connectivity index (χ0) is 15.1. The minimum atomic E-state index is 0.222. The maximum atomic E-state index is 5.82. The van der Waals surface area contributed by atoms with Gasteiger partial charge in [-0.15, -0.1) is 0 Å². The Hall–Kier alpha value is -1.06. The van der Waals surface area contributed by atoms with Gasteiger partial charge in [0.1, 0.15) is 5.75 Å². The molecule has 1 aromatic carbocycles. The van der Waals surface area contributed by atoms with Crippen LogP contribution in [-0.4, -0.2) is 25.9 Å². The Morgan fingerprint density at radius 2 is 2.00 bits per heavy atom. The van der Waals surface area contributed by atoms with Crippen molar-refractivity contribution in [3.63, 3.8) is 0 Å². The summed E-state index contributed by atoms with van der Waals surface area (Å²) in [4.78, 5) is 0. The monoisotopic (exact) mass is 291 g/mol. The van der Waals surface area contributed by atoms with Gasteiger partial charge in [0.25, 0.3) is 0 Å². The molecule has 21 heavy (non-hydrogen) atoms.